The Labute approximate surface area is 195 Å². The molecule has 1 N–H and O–H groups in total. The first kappa shape index (κ1) is 23.1. The number of likely N-dealkylation sites (tertiary alicyclic amines) is 1. The van der Waals surface area contributed by atoms with Gasteiger partial charge in [0.25, 0.3) is 0 Å². The Morgan fingerprint density at radius 1 is 1.09 bits per heavy atom. The van der Waals surface area contributed by atoms with Gasteiger partial charge in [0.15, 0.2) is 5.16 Å². The van der Waals surface area contributed by atoms with Crippen LogP contribution in [-0.4, -0.2) is 50.5 Å². The van der Waals surface area contributed by atoms with Crippen molar-refractivity contribution in [3.8, 4) is 0 Å². The van der Waals surface area contributed by atoms with Crippen LogP contribution in [0.1, 0.15) is 62.3 Å². The molecule has 1 aliphatic carbocycles. The van der Waals surface area contributed by atoms with Crippen LogP contribution < -0.4 is 5.32 Å². The summed E-state index contributed by atoms with van der Waals surface area (Å²) in [6.07, 6.45) is 10.1. The van der Waals surface area contributed by atoms with E-state index >= 15 is 0 Å². The van der Waals surface area contributed by atoms with E-state index in [-0.39, 0.29) is 11.9 Å². The van der Waals surface area contributed by atoms with E-state index in [1.54, 1.807) is 0 Å². The van der Waals surface area contributed by atoms with Crippen molar-refractivity contribution < 1.29 is 4.79 Å². The van der Waals surface area contributed by atoms with Crippen LogP contribution in [0.3, 0.4) is 0 Å². The zero-order valence-corrected chi connectivity index (χ0v) is 19.7. The van der Waals surface area contributed by atoms with Gasteiger partial charge >= 0.3 is 0 Å². The molecule has 0 atom stereocenters. The van der Waals surface area contributed by atoms with E-state index in [1.165, 1.54) is 49.4 Å². The Balaban J connectivity index is 1.24. The number of benzene rings is 1. The van der Waals surface area contributed by atoms with Gasteiger partial charge in [0, 0.05) is 38.1 Å². The summed E-state index contributed by atoms with van der Waals surface area (Å²) in [6.45, 7) is 7.62. The molecule has 2 aliphatic rings. The van der Waals surface area contributed by atoms with Crippen LogP contribution in [0.15, 0.2) is 48.1 Å². The number of nitrogens with zero attached hydrogens (tertiary/aromatic N) is 4. The second-order valence-corrected chi connectivity index (χ2v) is 9.91. The SMILES string of the molecule is C=CCn1c(SCC(=O)NC2CCN(Cc3ccccc3)CC2)nnc1C1CCCCC1. The zero-order valence-electron chi connectivity index (χ0n) is 18.9. The normalized spacial score (nSPS) is 18.5. The van der Waals surface area contributed by atoms with Crippen molar-refractivity contribution in [3.05, 3.63) is 54.4 Å². The Hall–Kier alpha value is -2.12. The molecule has 6 nitrogen and oxygen atoms in total. The van der Waals surface area contributed by atoms with Crippen molar-refractivity contribution in [2.75, 3.05) is 18.8 Å². The number of hydrogen-bond acceptors (Lipinski definition) is 5. The fourth-order valence-electron chi connectivity index (χ4n) is 4.85. The maximum atomic E-state index is 12.6. The third-order valence-corrected chi connectivity index (χ3v) is 7.53. The number of carbonyl (C=O) groups excluding carboxylic acids is 1. The summed E-state index contributed by atoms with van der Waals surface area (Å²) in [7, 11) is 0. The van der Waals surface area contributed by atoms with Crippen molar-refractivity contribution in [3.63, 3.8) is 0 Å². The quantitative estimate of drug-likeness (QED) is 0.451. The first-order valence-corrected chi connectivity index (χ1v) is 12.9. The van der Waals surface area contributed by atoms with Gasteiger partial charge in [0.2, 0.25) is 5.91 Å². The van der Waals surface area contributed by atoms with Gasteiger partial charge in [0.1, 0.15) is 5.82 Å². The minimum absolute atomic E-state index is 0.0869. The standard InChI is InChI=1S/C25H35N5OS/c1-2-15-30-24(21-11-7-4-8-12-21)27-28-25(30)32-19-23(31)26-22-13-16-29(17-14-22)18-20-9-5-3-6-10-20/h2-3,5-6,9-10,21-22H,1,4,7-8,11-19H2,(H,26,31). The highest BCUT2D eigenvalue weighted by Crippen LogP contribution is 2.33. The molecule has 0 bridgehead atoms. The molecule has 172 valence electrons. The molecule has 0 spiro atoms. The van der Waals surface area contributed by atoms with Gasteiger partial charge in [-0.3, -0.25) is 9.69 Å². The monoisotopic (exact) mass is 453 g/mol. The lowest BCUT2D eigenvalue weighted by Gasteiger charge is -2.32. The van der Waals surface area contributed by atoms with Gasteiger partial charge in [0.05, 0.1) is 5.75 Å². The second kappa shape index (κ2) is 11.7. The van der Waals surface area contributed by atoms with Gasteiger partial charge < -0.3 is 9.88 Å². The third kappa shape index (κ3) is 6.23. The number of aromatic nitrogens is 3. The van der Waals surface area contributed by atoms with E-state index < -0.39 is 0 Å². The van der Waals surface area contributed by atoms with Crippen molar-refractivity contribution >= 4 is 17.7 Å². The molecule has 2 fully saturated rings. The minimum Gasteiger partial charge on any atom is -0.353 e. The largest absolute Gasteiger partial charge is 0.353 e. The van der Waals surface area contributed by atoms with Gasteiger partial charge in [-0.2, -0.15) is 0 Å². The van der Waals surface area contributed by atoms with Crippen LogP contribution in [-0.2, 0) is 17.9 Å². The summed E-state index contributed by atoms with van der Waals surface area (Å²) in [5.41, 5.74) is 1.35. The Bertz CT molecular complexity index is 870. The Morgan fingerprint density at radius 3 is 2.56 bits per heavy atom. The number of allylic oxidation sites excluding steroid dienone is 1. The predicted molar refractivity (Wildman–Crippen MR) is 130 cm³/mol. The summed E-state index contributed by atoms with van der Waals surface area (Å²) in [6, 6.07) is 10.9. The Morgan fingerprint density at radius 2 is 1.84 bits per heavy atom. The molecular formula is C25H35N5OS. The van der Waals surface area contributed by atoms with Crippen molar-refractivity contribution in [2.24, 2.45) is 0 Å². The molecule has 1 saturated carbocycles. The minimum atomic E-state index is 0.0869. The molecule has 0 unspecified atom stereocenters. The highest BCUT2D eigenvalue weighted by atomic mass is 32.2. The number of thioether (sulfide) groups is 1. The zero-order chi connectivity index (χ0) is 22.2. The average molecular weight is 454 g/mol. The van der Waals surface area contributed by atoms with Gasteiger partial charge in [-0.1, -0.05) is 67.4 Å². The van der Waals surface area contributed by atoms with Crippen LogP contribution in [0.4, 0.5) is 0 Å². The number of hydrogen-bond donors (Lipinski definition) is 1. The molecule has 1 aromatic heterocycles. The lowest BCUT2D eigenvalue weighted by Crippen LogP contribution is -2.44. The van der Waals surface area contributed by atoms with Crippen molar-refractivity contribution in [1.82, 2.24) is 25.0 Å². The summed E-state index contributed by atoms with van der Waals surface area (Å²) in [5, 5.41) is 13.0. The van der Waals surface area contributed by atoms with E-state index in [0.717, 1.165) is 43.5 Å². The highest BCUT2D eigenvalue weighted by Gasteiger charge is 2.24. The molecule has 4 rings (SSSR count). The van der Waals surface area contributed by atoms with Crippen LogP contribution in [0.5, 0.6) is 0 Å². The van der Waals surface area contributed by atoms with Crippen LogP contribution >= 0.6 is 11.8 Å². The van der Waals surface area contributed by atoms with Gasteiger partial charge in [-0.15, -0.1) is 16.8 Å². The highest BCUT2D eigenvalue weighted by molar-refractivity contribution is 7.99. The smallest absolute Gasteiger partial charge is 0.230 e. The van der Waals surface area contributed by atoms with Gasteiger partial charge in [-0.25, -0.2) is 0 Å². The molecule has 1 aliphatic heterocycles. The molecule has 0 radical (unpaired) electrons. The van der Waals surface area contributed by atoms with Crippen molar-refractivity contribution in [2.45, 2.75) is 75.2 Å². The molecule has 1 aromatic carbocycles. The molecule has 7 heteroatoms. The lowest BCUT2D eigenvalue weighted by molar-refractivity contribution is -0.119. The lowest BCUT2D eigenvalue weighted by atomic mass is 9.89. The summed E-state index contributed by atoms with van der Waals surface area (Å²) in [4.78, 5) is 15.1. The van der Waals surface area contributed by atoms with E-state index in [1.807, 2.05) is 6.08 Å². The van der Waals surface area contributed by atoms with Crippen molar-refractivity contribution in [1.29, 1.82) is 0 Å². The van der Waals surface area contributed by atoms with E-state index in [2.05, 4.69) is 61.9 Å². The predicted octanol–water partition coefficient (Wildman–Crippen LogP) is 4.38. The molecule has 1 saturated heterocycles. The number of piperidine rings is 1. The summed E-state index contributed by atoms with van der Waals surface area (Å²) < 4.78 is 2.16. The fourth-order valence-corrected chi connectivity index (χ4v) is 5.61. The number of carbonyl (C=O) groups is 1. The van der Waals surface area contributed by atoms with Crippen LogP contribution in [0.25, 0.3) is 0 Å². The van der Waals surface area contributed by atoms with E-state index in [4.69, 9.17) is 0 Å². The average Bonchev–Trinajstić information content (AvgIpc) is 3.23. The molecule has 2 heterocycles. The maximum Gasteiger partial charge on any atom is 0.230 e. The van der Waals surface area contributed by atoms with E-state index in [9.17, 15) is 4.79 Å². The van der Waals surface area contributed by atoms with Gasteiger partial charge in [-0.05, 0) is 31.2 Å². The molecule has 1 amide bonds. The van der Waals surface area contributed by atoms with Crippen LogP contribution in [0.2, 0.25) is 0 Å². The summed E-state index contributed by atoms with van der Waals surface area (Å²) >= 11 is 1.49. The van der Waals surface area contributed by atoms with Crippen LogP contribution in [0, 0.1) is 0 Å². The first-order valence-electron chi connectivity index (χ1n) is 12.0. The fraction of sp³-hybridized carbons (Fsp3) is 0.560. The topological polar surface area (TPSA) is 63.1 Å². The second-order valence-electron chi connectivity index (χ2n) is 8.97. The third-order valence-electron chi connectivity index (χ3n) is 6.56. The number of rotatable bonds is 9. The van der Waals surface area contributed by atoms with E-state index in [0.29, 0.717) is 18.2 Å². The summed E-state index contributed by atoms with van der Waals surface area (Å²) in [5.74, 6) is 2.02. The molecule has 32 heavy (non-hydrogen) atoms. The number of amides is 1. The maximum absolute atomic E-state index is 12.6. The number of nitrogens with one attached hydrogen (secondary N) is 1. The molecular weight excluding hydrogens is 418 g/mol. The molecule has 2 aromatic rings. The first-order chi connectivity index (χ1) is 15.7. The Kier molecular flexibility index (Phi) is 8.40.